The normalized spacial score (nSPS) is 12.2. The largest absolute Gasteiger partial charge is 0.454 e. The average Bonchev–Trinajstić information content (AvgIpc) is 2.62. The third-order valence-corrected chi connectivity index (χ3v) is 1.84. The maximum absolute atomic E-state index is 8.34. The molecule has 2 rings (SSSR count). The van der Waals surface area contributed by atoms with Crippen LogP contribution in [0, 0.1) is 11.5 Å². The number of rotatable bonds is 2. The molecular weight excluding hydrogens is 168 g/mol. The van der Waals surface area contributed by atoms with Crippen LogP contribution >= 0.6 is 0 Å². The van der Waals surface area contributed by atoms with E-state index in [0.717, 1.165) is 17.1 Å². The first-order chi connectivity index (χ1) is 6.42. The van der Waals surface area contributed by atoms with Gasteiger partial charge in [0.1, 0.15) is 0 Å². The van der Waals surface area contributed by atoms with Crippen LogP contribution in [0.15, 0.2) is 18.2 Å². The van der Waals surface area contributed by atoms with E-state index in [-0.39, 0.29) is 6.79 Å². The van der Waals surface area contributed by atoms with E-state index in [1.807, 2.05) is 24.4 Å². The van der Waals surface area contributed by atoms with Gasteiger partial charge in [0.25, 0.3) is 0 Å². The van der Waals surface area contributed by atoms with Crippen molar-refractivity contribution in [3.8, 4) is 17.7 Å². The lowest BCUT2D eigenvalue weighted by atomic mass is 10.2. The predicted molar refractivity (Wildman–Crippen MR) is 45.0 cm³/mol. The van der Waals surface area contributed by atoms with Crippen molar-refractivity contribution in [2.75, 3.05) is 6.79 Å². The fourth-order valence-electron chi connectivity index (χ4n) is 1.26. The standard InChI is InChI=1S/C9H8N2O2/c10-5-11-4-7-2-1-3-8-9(7)13-6-12-8/h1-3,11H,4,6H2. The van der Waals surface area contributed by atoms with Crippen molar-refractivity contribution >= 4 is 0 Å². The summed E-state index contributed by atoms with van der Waals surface area (Å²) >= 11 is 0. The molecule has 4 heteroatoms. The maximum atomic E-state index is 8.34. The van der Waals surface area contributed by atoms with E-state index in [9.17, 15) is 0 Å². The summed E-state index contributed by atoms with van der Waals surface area (Å²) < 4.78 is 10.4. The molecule has 1 aliphatic rings. The van der Waals surface area contributed by atoms with Gasteiger partial charge in [0, 0.05) is 5.56 Å². The van der Waals surface area contributed by atoms with Gasteiger partial charge in [-0.05, 0) is 6.07 Å². The van der Waals surface area contributed by atoms with Crippen LogP contribution < -0.4 is 14.8 Å². The minimum absolute atomic E-state index is 0.263. The Bertz CT molecular complexity index is 357. The summed E-state index contributed by atoms with van der Waals surface area (Å²) in [5.41, 5.74) is 0.941. The fourth-order valence-corrected chi connectivity index (χ4v) is 1.26. The van der Waals surface area contributed by atoms with Crippen LogP contribution in [0.4, 0.5) is 0 Å². The topological polar surface area (TPSA) is 54.3 Å². The summed E-state index contributed by atoms with van der Waals surface area (Å²) in [7, 11) is 0. The molecule has 0 atom stereocenters. The molecule has 0 bridgehead atoms. The van der Waals surface area contributed by atoms with Crippen LogP contribution in [-0.2, 0) is 6.54 Å². The third kappa shape index (κ3) is 1.36. The molecule has 1 N–H and O–H groups in total. The number of benzene rings is 1. The molecule has 1 aromatic rings. The molecule has 0 saturated heterocycles. The zero-order valence-electron chi connectivity index (χ0n) is 6.91. The van der Waals surface area contributed by atoms with Crippen LogP contribution in [0.25, 0.3) is 0 Å². The molecule has 0 fully saturated rings. The lowest BCUT2D eigenvalue weighted by Crippen LogP contribution is -2.05. The zero-order chi connectivity index (χ0) is 9.10. The maximum Gasteiger partial charge on any atom is 0.231 e. The molecule has 0 spiro atoms. The molecule has 0 amide bonds. The van der Waals surface area contributed by atoms with Gasteiger partial charge >= 0.3 is 0 Å². The SMILES string of the molecule is N#CNCc1cccc2c1OCO2. The summed E-state index contributed by atoms with van der Waals surface area (Å²) in [4.78, 5) is 0. The lowest BCUT2D eigenvalue weighted by molar-refractivity contribution is 0.173. The number of nitrogens with one attached hydrogen (secondary N) is 1. The Morgan fingerprint density at radius 1 is 1.46 bits per heavy atom. The van der Waals surface area contributed by atoms with Crippen molar-refractivity contribution in [3.63, 3.8) is 0 Å². The smallest absolute Gasteiger partial charge is 0.231 e. The first-order valence-electron chi connectivity index (χ1n) is 3.91. The quantitative estimate of drug-likeness (QED) is 0.539. The van der Waals surface area contributed by atoms with E-state index < -0.39 is 0 Å². The highest BCUT2D eigenvalue weighted by atomic mass is 16.7. The Balaban J connectivity index is 2.26. The van der Waals surface area contributed by atoms with Crippen molar-refractivity contribution in [2.24, 2.45) is 0 Å². The van der Waals surface area contributed by atoms with E-state index in [2.05, 4.69) is 5.32 Å². The van der Waals surface area contributed by atoms with Crippen LogP contribution in [0.2, 0.25) is 0 Å². The van der Waals surface area contributed by atoms with Gasteiger partial charge in [-0.15, -0.1) is 0 Å². The molecule has 1 aliphatic heterocycles. The van der Waals surface area contributed by atoms with Crippen LogP contribution in [0.5, 0.6) is 11.5 Å². The van der Waals surface area contributed by atoms with Gasteiger partial charge in [-0.1, -0.05) is 12.1 Å². The highest BCUT2D eigenvalue weighted by Gasteiger charge is 2.16. The number of hydrogen-bond acceptors (Lipinski definition) is 4. The molecule has 13 heavy (non-hydrogen) atoms. The lowest BCUT2D eigenvalue weighted by Gasteiger charge is -2.02. The number of nitrogens with zero attached hydrogens (tertiary/aromatic N) is 1. The molecule has 0 unspecified atom stereocenters. The summed E-state index contributed by atoms with van der Waals surface area (Å²) in [6.45, 7) is 0.738. The molecular formula is C9H8N2O2. The second-order valence-corrected chi connectivity index (χ2v) is 2.62. The van der Waals surface area contributed by atoms with Crippen molar-refractivity contribution in [1.82, 2.24) is 5.32 Å². The predicted octanol–water partition coefficient (Wildman–Crippen LogP) is 0.986. The Hall–Kier alpha value is -1.89. The summed E-state index contributed by atoms with van der Waals surface area (Å²) in [6, 6.07) is 5.62. The van der Waals surface area contributed by atoms with Gasteiger partial charge in [0.2, 0.25) is 6.79 Å². The van der Waals surface area contributed by atoms with Crippen molar-refractivity contribution < 1.29 is 9.47 Å². The molecule has 0 radical (unpaired) electrons. The molecule has 0 saturated carbocycles. The molecule has 0 aromatic heterocycles. The van der Waals surface area contributed by atoms with Crippen molar-refractivity contribution in [2.45, 2.75) is 6.54 Å². The molecule has 66 valence electrons. The van der Waals surface area contributed by atoms with Gasteiger partial charge in [-0.3, -0.25) is 0 Å². The first-order valence-corrected chi connectivity index (χ1v) is 3.91. The molecule has 1 heterocycles. The van der Waals surface area contributed by atoms with E-state index in [1.165, 1.54) is 0 Å². The number of para-hydroxylation sites is 1. The second kappa shape index (κ2) is 3.23. The minimum Gasteiger partial charge on any atom is -0.454 e. The second-order valence-electron chi connectivity index (χ2n) is 2.62. The third-order valence-electron chi connectivity index (χ3n) is 1.84. The number of hydrogen-bond donors (Lipinski definition) is 1. The summed E-state index contributed by atoms with van der Waals surface area (Å²) in [5.74, 6) is 1.49. The highest BCUT2D eigenvalue weighted by Crippen LogP contribution is 2.34. The summed E-state index contributed by atoms with van der Waals surface area (Å²) in [6.07, 6.45) is 1.86. The van der Waals surface area contributed by atoms with Crippen molar-refractivity contribution in [3.05, 3.63) is 23.8 Å². The Morgan fingerprint density at radius 2 is 2.38 bits per heavy atom. The van der Waals surface area contributed by atoms with Crippen molar-refractivity contribution in [1.29, 1.82) is 5.26 Å². The Labute approximate surface area is 75.7 Å². The van der Waals surface area contributed by atoms with Gasteiger partial charge in [-0.25, -0.2) is 0 Å². The monoisotopic (exact) mass is 176 g/mol. The zero-order valence-corrected chi connectivity index (χ0v) is 6.91. The van der Waals surface area contributed by atoms with Gasteiger partial charge in [0.15, 0.2) is 17.7 Å². The van der Waals surface area contributed by atoms with Crippen LogP contribution in [0.3, 0.4) is 0 Å². The summed E-state index contributed by atoms with van der Waals surface area (Å²) in [5, 5.41) is 10.9. The Morgan fingerprint density at radius 3 is 3.23 bits per heavy atom. The fraction of sp³-hybridized carbons (Fsp3) is 0.222. The molecule has 1 aromatic carbocycles. The number of nitriles is 1. The van der Waals surface area contributed by atoms with E-state index in [1.54, 1.807) is 0 Å². The van der Waals surface area contributed by atoms with E-state index in [0.29, 0.717) is 6.54 Å². The Kier molecular flexibility index (Phi) is 1.93. The van der Waals surface area contributed by atoms with Gasteiger partial charge in [0.05, 0.1) is 6.54 Å². The highest BCUT2D eigenvalue weighted by molar-refractivity contribution is 5.48. The number of ether oxygens (including phenoxy) is 2. The minimum atomic E-state index is 0.263. The van der Waals surface area contributed by atoms with E-state index >= 15 is 0 Å². The van der Waals surface area contributed by atoms with E-state index in [4.69, 9.17) is 14.7 Å². The van der Waals surface area contributed by atoms with Gasteiger partial charge in [-0.2, -0.15) is 5.26 Å². The molecule has 0 aliphatic carbocycles. The van der Waals surface area contributed by atoms with Crippen LogP contribution in [-0.4, -0.2) is 6.79 Å². The average molecular weight is 176 g/mol. The van der Waals surface area contributed by atoms with Crippen LogP contribution in [0.1, 0.15) is 5.56 Å². The van der Waals surface area contributed by atoms with Gasteiger partial charge < -0.3 is 14.8 Å². The number of fused-ring (bicyclic) bond motifs is 1. The first kappa shape index (κ1) is 7.74. The molecule has 4 nitrogen and oxygen atoms in total.